The summed E-state index contributed by atoms with van der Waals surface area (Å²) in [6, 6.07) is 8.38. The number of carbonyl (C=O) groups is 1. The van der Waals surface area contributed by atoms with Crippen LogP contribution in [0.5, 0.6) is 0 Å². The highest BCUT2D eigenvalue weighted by atomic mass is 16.2. The zero-order valence-electron chi connectivity index (χ0n) is 12.5. The van der Waals surface area contributed by atoms with Crippen molar-refractivity contribution in [3.63, 3.8) is 0 Å². The van der Waals surface area contributed by atoms with Crippen molar-refractivity contribution in [3.05, 3.63) is 47.5 Å². The van der Waals surface area contributed by atoms with Gasteiger partial charge < -0.3 is 4.90 Å². The minimum Gasteiger partial charge on any atom is -0.342 e. The van der Waals surface area contributed by atoms with Gasteiger partial charge in [-0.25, -0.2) is 4.98 Å². The summed E-state index contributed by atoms with van der Waals surface area (Å²) < 4.78 is 0. The van der Waals surface area contributed by atoms with Crippen LogP contribution < -0.4 is 0 Å². The van der Waals surface area contributed by atoms with Crippen LogP contribution in [-0.2, 0) is 11.2 Å². The van der Waals surface area contributed by atoms with Crippen LogP contribution in [0.25, 0.3) is 0 Å². The first-order valence-electron chi connectivity index (χ1n) is 8.05. The molecular formula is C17H20N4O. The first-order chi connectivity index (χ1) is 10.8. The van der Waals surface area contributed by atoms with Gasteiger partial charge in [-0.15, -0.1) is 0 Å². The molecule has 22 heavy (non-hydrogen) atoms. The average Bonchev–Trinajstić information content (AvgIpc) is 3.24. The Morgan fingerprint density at radius 3 is 2.77 bits per heavy atom. The smallest absolute Gasteiger partial charge is 0.230 e. The number of hydrogen-bond donors (Lipinski definition) is 1. The Morgan fingerprint density at radius 2 is 2.00 bits per heavy atom. The molecule has 1 N–H and O–H groups in total. The monoisotopic (exact) mass is 296 g/mol. The number of nitrogens with one attached hydrogen (secondary N) is 1. The van der Waals surface area contributed by atoms with E-state index >= 15 is 0 Å². The van der Waals surface area contributed by atoms with E-state index in [9.17, 15) is 4.79 Å². The van der Waals surface area contributed by atoms with Crippen LogP contribution in [0.2, 0.25) is 0 Å². The first-order valence-corrected chi connectivity index (χ1v) is 8.05. The molecule has 1 fully saturated rings. The van der Waals surface area contributed by atoms with Gasteiger partial charge >= 0.3 is 0 Å². The maximum absolute atomic E-state index is 12.8. The standard InChI is InChI=1S/C17H20N4O/c22-17(15-6-5-12-3-1-2-4-14(12)15)21-9-7-13(8-10-21)16-18-11-19-20-16/h1-4,11,13,15H,5-10H2,(H,18,19,20)/t15-/m0/s1. The van der Waals surface area contributed by atoms with Gasteiger partial charge in [0, 0.05) is 19.0 Å². The van der Waals surface area contributed by atoms with Crippen molar-refractivity contribution in [2.24, 2.45) is 0 Å². The number of aryl methyl sites for hydroxylation is 1. The summed E-state index contributed by atoms with van der Waals surface area (Å²) in [5.41, 5.74) is 2.59. The summed E-state index contributed by atoms with van der Waals surface area (Å²) in [5.74, 6) is 1.74. The topological polar surface area (TPSA) is 61.9 Å². The summed E-state index contributed by atoms with van der Waals surface area (Å²) in [6.45, 7) is 1.64. The Kier molecular flexibility index (Phi) is 3.41. The molecule has 1 aromatic heterocycles. The Bertz CT molecular complexity index is 659. The summed E-state index contributed by atoms with van der Waals surface area (Å²) in [6.07, 6.45) is 5.48. The summed E-state index contributed by atoms with van der Waals surface area (Å²) in [5, 5.41) is 6.88. The maximum atomic E-state index is 12.8. The molecule has 0 saturated carbocycles. The van der Waals surface area contributed by atoms with E-state index in [-0.39, 0.29) is 5.92 Å². The van der Waals surface area contributed by atoms with Crippen LogP contribution in [0.3, 0.4) is 0 Å². The van der Waals surface area contributed by atoms with Gasteiger partial charge in [0.25, 0.3) is 0 Å². The van der Waals surface area contributed by atoms with Gasteiger partial charge in [0.2, 0.25) is 5.91 Å². The first kappa shape index (κ1) is 13.5. The lowest BCUT2D eigenvalue weighted by molar-refractivity contribution is -0.133. The largest absolute Gasteiger partial charge is 0.342 e. The number of H-pyrrole nitrogens is 1. The van der Waals surface area contributed by atoms with Crippen LogP contribution >= 0.6 is 0 Å². The van der Waals surface area contributed by atoms with Gasteiger partial charge in [-0.1, -0.05) is 24.3 Å². The Balaban J connectivity index is 1.43. The molecule has 1 saturated heterocycles. The molecule has 5 nitrogen and oxygen atoms in total. The number of nitrogens with zero attached hydrogens (tertiary/aromatic N) is 3. The molecular weight excluding hydrogens is 276 g/mol. The molecule has 0 radical (unpaired) electrons. The van der Waals surface area contributed by atoms with E-state index in [1.54, 1.807) is 6.33 Å². The van der Waals surface area contributed by atoms with Gasteiger partial charge in [0.15, 0.2) is 0 Å². The molecule has 1 aromatic carbocycles. The summed E-state index contributed by atoms with van der Waals surface area (Å²) in [4.78, 5) is 19.1. The Morgan fingerprint density at radius 1 is 1.18 bits per heavy atom. The molecule has 4 rings (SSSR count). The van der Waals surface area contributed by atoms with Crippen molar-refractivity contribution in [2.75, 3.05) is 13.1 Å². The van der Waals surface area contributed by atoms with E-state index in [1.165, 1.54) is 11.1 Å². The summed E-state index contributed by atoms with van der Waals surface area (Å²) >= 11 is 0. The third kappa shape index (κ3) is 2.30. The molecule has 114 valence electrons. The van der Waals surface area contributed by atoms with E-state index in [2.05, 4.69) is 33.4 Å². The number of carbonyl (C=O) groups excluding carboxylic acids is 1. The van der Waals surface area contributed by atoms with Crippen molar-refractivity contribution < 1.29 is 4.79 Å². The zero-order valence-corrected chi connectivity index (χ0v) is 12.5. The fourth-order valence-electron chi connectivity index (χ4n) is 3.82. The lowest BCUT2D eigenvalue weighted by Gasteiger charge is -2.33. The number of benzene rings is 1. The predicted octanol–water partition coefficient (Wildman–Crippen LogP) is 2.24. The molecule has 0 spiro atoms. The van der Waals surface area contributed by atoms with Crippen LogP contribution in [0.1, 0.15) is 48.0 Å². The average molecular weight is 296 g/mol. The zero-order chi connectivity index (χ0) is 14.9. The lowest BCUT2D eigenvalue weighted by Crippen LogP contribution is -2.40. The minimum absolute atomic E-state index is 0.0676. The highest BCUT2D eigenvalue weighted by Gasteiger charge is 2.33. The second-order valence-corrected chi connectivity index (χ2v) is 6.26. The Labute approximate surface area is 129 Å². The van der Waals surface area contributed by atoms with Crippen molar-refractivity contribution in [1.82, 2.24) is 20.1 Å². The van der Waals surface area contributed by atoms with E-state index in [4.69, 9.17) is 0 Å². The van der Waals surface area contributed by atoms with E-state index in [0.717, 1.165) is 44.6 Å². The van der Waals surface area contributed by atoms with Crippen LogP contribution in [0.15, 0.2) is 30.6 Å². The van der Waals surface area contributed by atoms with Crippen LogP contribution in [0, 0.1) is 0 Å². The number of fused-ring (bicyclic) bond motifs is 1. The molecule has 0 bridgehead atoms. The highest BCUT2D eigenvalue weighted by molar-refractivity contribution is 5.85. The molecule has 1 atom stereocenters. The third-order valence-corrected chi connectivity index (χ3v) is 5.06. The number of hydrogen-bond acceptors (Lipinski definition) is 3. The quantitative estimate of drug-likeness (QED) is 0.924. The number of likely N-dealkylation sites (tertiary alicyclic amines) is 1. The highest BCUT2D eigenvalue weighted by Crippen LogP contribution is 2.35. The van der Waals surface area contributed by atoms with Gasteiger partial charge in [-0.05, 0) is 36.8 Å². The molecule has 1 aliphatic heterocycles. The normalized spacial score (nSPS) is 21.8. The molecule has 5 heteroatoms. The molecule has 2 aliphatic rings. The fraction of sp³-hybridized carbons (Fsp3) is 0.471. The molecule has 2 heterocycles. The second kappa shape index (κ2) is 5.55. The number of aromatic nitrogens is 3. The van der Waals surface area contributed by atoms with Crippen LogP contribution in [-0.4, -0.2) is 39.1 Å². The third-order valence-electron chi connectivity index (χ3n) is 5.06. The molecule has 0 unspecified atom stereocenters. The van der Waals surface area contributed by atoms with Crippen LogP contribution in [0.4, 0.5) is 0 Å². The molecule has 1 aliphatic carbocycles. The number of aromatic amines is 1. The van der Waals surface area contributed by atoms with Crippen molar-refractivity contribution in [1.29, 1.82) is 0 Å². The Hall–Kier alpha value is -2.17. The van der Waals surface area contributed by atoms with Gasteiger partial charge in [0.1, 0.15) is 12.2 Å². The number of amides is 1. The van der Waals surface area contributed by atoms with Gasteiger partial charge in [-0.3, -0.25) is 9.89 Å². The van der Waals surface area contributed by atoms with Gasteiger partial charge in [0.05, 0.1) is 5.92 Å². The van der Waals surface area contributed by atoms with Crippen molar-refractivity contribution in [3.8, 4) is 0 Å². The van der Waals surface area contributed by atoms with Crippen molar-refractivity contribution in [2.45, 2.75) is 37.5 Å². The van der Waals surface area contributed by atoms with Gasteiger partial charge in [-0.2, -0.15) is 5.10 Å². The fourth-order valence-corrected chi connectivity index (χ4v) is 3.82. The van der Waals surface area contributed by atoms with E-state index < -0.39 is 0 Å². The number of piperidine rings is 1. The molecule has 1 amide bonds. The SMILES string of the molecule is O=C([C@H]1CCc2ccccc21)N1CCC(c2ncn[nH]2)CC1. The second-order valence-electron chi connectivity index (χ2n) is 6.26. The summed E-state index contributed by atoms with van der Waals surface area (Å²) in [7, 11) is 0. The predicted molar refractivity (Wildman–Crippen MR) is 82.4 cm³/mol. The number of rotatable bonds is 2. The maximum Gasteiger partial charge on any atom is 0.230 e. The lowest BCUT2D eigenvalue weighted by atomic mass is 9.93. The van der Waals surface area contributed by atoms with Crippen molar-refractivity contribution >= 4 is 5.91 Å². The minimum atomic E-state index is 0.0676. The van der Waals surface area contributed by atoms with E-state index in [0.29, 0.717) is 11.8 Å². The molecule has 2 aromatic rings. The van der Waals surface area contributed by atoms with E-state index in [1.807, 2.05) is 11.0 Å².